The van der Waals surface area contributed by atoms with Gasteiger partial charge in [-0.15, -0.1) is 0 Å². The molecule has 1 aliphatic carbocycles. The average Bonchev–Trinajstić information content (AvgIpc) is 3.10. The molecule has 6 heteroatoms. The van der Waals surface area contributed by atoms with E-state index >= 15 is 0 Å². The van der Waals surface area contributed by atoms with Crippen molar-refractivity contribution in [3.63, 3.8) is 0 Å². The predicted molar refractivity (Wildman–Crippen MR) is 113 cm³/mol. The topological polar surface area (TPSA) is 66.8 Å². The fourth-order valence-corrected chi connectivity index (χ4v) is 4.58. The highest BCUT2D eigenvalue weighted by atomic mass is 19.1. The van der Waals surface area contributed by atoms with Crippen LogP contribution in [-0.2, 0) is 17.7 Å². The smallest absolute Gasteiger partial charge is 0.410 e. The lowest BCUT2D eigenvalue weighted by molar-refractivity contribution is 0.0691. The molecule has 1 N–H and O–H groups in total. The van der Waals surface area contributed by atoms with Crippen LogP contribution in [0.4, 0.5) is 9.18 Å². The summed E-state index contributed by atoms with van der Waals surface area (Å²) < 4.78 is 19.6. The minimum absolute atomic E-state index is 0.0267. The number of hydrogen-bond donors (Lipinski definition) is 1. The fraction of sp³-hybridized carbons (Fsp3) is 0.200. The van der Waals surface area contributed by atoms with Crippen LogP contribution in [0.25, 0.3) is 11.1 Å². The van der Waals surface area contributed by atoms with E-state index in [0.29, 0.717) is 18.5 Å². The third kappa shape index (κ3) is 3.34. The Bertz CT molecular complexity index is 1160. The van der Waals surface area contributed by atoms with Crippen molar-refractivity contribution in [2.45, 2.75) is 18.9 Å². The van der Waals surface area contributed by atoms with E-state index in [0.717, 1.165) is 27.8 Å². The first-order valence-corrected chi connectivity index (χ1v) is 10.2. The summed E-state index contributed by atoms with van der Waals surface area (Å²) in [5.41, 5.74) is 5.59. The van der Waals surface area contributed by atoms with Crippen molar-refractivity contribution in [1.29, 1.82) is 0 Å². The Morgan fingerprint density at radius 2 is 1.65 bits per heavy atom. The van der Waals surface area contributed by atoms with Gasteiger partial charge in [-0.1, -0.05) is 48.5 Å². The summed E-state index contributed by atoms with van der Waals surface area (Å²) in [6.45, 7) is 0.822. The van der Waals surface area contributed by atoms with E-state index in [4.69, 9.17) is 9.84 Å². The maximum atomic E-state index is 13.9. The molecule has 1 heterocycles. The van der Waals surface area contributed by atoms with Crippen LogP contribution in [0.5, 0.6) is 0 Å². The maximum absolute atomic E-state index is 13.9. The number of halogens is 1. The van der Waals surface area contributed by atoms with Gasteiger partial charge >= 0.3 is 12.1 Å². The van der Waals surface area contributed by atoms with Gasteiger partial charge in [-0.25, -0.2) is 14.0 Å². The number of rotatable bonds is 3. The normalized spacial score (nSPS) is 14.5. The molecule has 3 aromatic rings. The highest BCUT2D eigenvalue weighted by Gasteiger charge is 2.30. The van der Waals surface area contributed by atoms with Crippen molar-refractivity contribution < 1.29 is 23.8 Å². The SMILES string of the molecule is O=C(O)c1cc2c(cc1F)CCN(C(=O)OCC1c3ccccc3-c3ccccc31)C2. The van der Waals surface area contributed by atoms with Crippen LogP contribution in [0.15, 0.2) is 60.7 Å². The Morgan fingerprint density at radius 1 is 1.00 bits per heavy atom. The number of carbonyl (C=O) groups excluding carboxylic acids is 1. The summed E-state index contributed by atoms with van der Waals surface area (Å²) in [4.78, 5) is 25.6. The first kappa shape index (κ1) is 19.3. The van der Waals surface area contributed by atoms with Gasteiger partial charge in [0.2, 0.25) is 0 Å². The average molecular weight is 417 g/mol. The summed E-state index contributed by atoms with van der Waals surface area (Å²) in [5, 5.41) is 9.16. The molecule has 0 aromatic heterocycles. The molecule has 156 valence electrons. The number of ether oxygens (including phenoxy) is 1. The van der Waals surface area contributed by atoms with E-state index in [2.05, 4.69) is 24.3 Å². The zero-order valence-corrected chi connectivity index (χ0v) is 16.7. The van der Waals surface area contributed by atoms with Crippen LogP contribution >= 0.6 is 0 Å². The van der Waals surface area contributed by atoms with Gasteiger partial charge in [0.15, 0.2) is 0 Å². The highest BCUT2D eigenvalue weighted by molar-refractivity contribution is 5.88. The number of carboxylic acid groups (broad SMARTS) is 1. The number of fused-ring (bicyclic) bond motifs is 4. The molecule has 0 radical (unpaired) electrons. The van der Waals surface area contributed by atoms with Gasteiger partial charge < -0.3 is 14.7 Å². The molecule has 2 aliphatic rings. The number of amides is 1. The standard InChI is InChI=1S/C25H20FNO4/c26-23-12-15-9-10-27(13-16(15)11-21(23)24(28)29)25(30)31-14-22-19-7-3-1-5-17(19)18-6-2-4-8-20(18)22/h1-8,11-12,22H,9-10,13-14H2,(H,28,29). The zero-order chi connectivity index (χ0) is 21.5. The van der Waals surface area contributed by atoms with Crippen molar-refractivity contribution in [2.24, 2.45) is 0 Å². The zero-order valence-electron chi connectivity index (χ0n) is 16.7. The molecule has 0 fully saturated rings. The number of nitrogens with zero attached hydrogens (tertiary/aromatic N) is 1. The number of hydrogen-bond acceptors (Lipinski definition) is 3. The summed E-state index contributed by atoms with van der Waals surface area (Å²) in [7, 11) is 0. The van der Waals surface area contributed by atoms with E-state index in [1.807, 2.05) is 24.3 Å². The van der Waals surface area contributed by atoms with E-state index in [1.165, 1.54) is 12.1 Å². The Hall–Kier alpha value is -3.67. The molecule has 1 amide bonds. The molecular formula is C25H20FNO4. The van der Waals surface area contributed by atoms with Crippen molar-refractivity contribution in [3.8, 4) is 11.1 Å². The van der Waals surface area contributed by atoms with Crippen LogP contribution in [0.1, 0.15) is 38.5 Å². The van der Waals surface area contributed by atoms with Crippen LogP contribution in [0.3, 0.4) is 0 Å². The Labute approximate surface area is 178 Å². The molecule has 0 saturated carbocycles. The van der Waals surface area contributed by atoms with Crippen LogP contribution in [-0.4, -0.2) is 35.2 Å². The molecule has 0 atom stereocenters. The van der Waals surface area contributed by atoms with E-state index in [1.54, 1.807) is 4.90 Å². The van der Waals surface area contributed by atoms with Crippen LogP contribution in [0.2, 0.25) is 0 Å². The largest absolute Gasteiger partial charge is 0.478 e. The van der Waals surface area contributed by atoms with Gasteiger partial charge in [0.25, 0.3) is 0 Å². The van der Waals surface area contributed by atoms with E-state index in [9.17, 15) is 14.0 Å². The van der Waals surface area contributed by atoms with Gasteiger partial charge in [-0.05, 0) is 51.9 Å². The molecule has 0 saturated heterocycles. The summed E-state index contributed by atoms with van der Waals surface area (Å²) in [6.07, 6.45) is 0.00444. The second-order valence-corrected chi connectivity index (χ2v) is 7.88. The quantitative estimate of drug-likeness (QED) is 0.663. The Balaban J connectivity index is 1.32. The molecule has 3 aromatic carbocycles. The van der Waals surface area contributed by atoms with Crippen LogP contribution < -0.4 is 0 Å². The molecule has 0 spiro atoms. The third-order valence-electron chi connectivity index (χ3n) is 6.13. The molecule has 1 aliphatic heterocycles. The minimum Gasteiger partial charge on any atom is -0.478 e. The van der Waals surface area contributed by atoms with Gasteiger partial charge in [-0.3, -0.25) is 0 Å². The molecular weight excluding hydrogens is 397 g/mol. The second-order valence-electron chi connectivity index (χ2n) is 7.88. The molecule has 0 bridgehead atoms. The van der Waals surface area contributed by atoms with E-state index in [-0.39, 0.29) is 24.6 Å². The molecule has 5 rings (SSSR count). The lowest BCUT2D eigenvalue weighted by atomic mass is 9.97. The van der Waals surface area contributed by atoms with Gasteiger partial charge in [-0.2, -0.15) is 0 Å². The molecule has 5 nitrogen and oxygen atoms in total. The number of carbonyl (C=O) groups is 2. The lowest BCUT2D eigenvalue weighted by Crippen LogP contribution is -2.37. The van der Waals surface area contributed by atoms with Crippen molar-refractivity contribution in [3.05, 3.63) is 94.3 Å². The number of aromatic carboxylic acids is 1. The van der Waals surface area contributed by atoms with Gasteiger partial charge in [0, 0.05) is 19.0 Å². The molecule has 31 heavy (non-hydrogen) atoms. The van der Waals surface area contributed by atoms with Gasteiger partial charge in [0.1, 0.15) is 12.4 Å². The second kappa shape index (κ2) is 7.54. The minimum atomic E-state index is -1.32. The van der Waals surface area contributed by atoms with Crippen molar-refractivity contribution >= 4 is 12.1 Å². The monoisotopic (exact) mass is 417 g/mol. The first-order chi connectivity index (χ1) is 15.0. The summed E-state index contributed by atoms with van der Waals surface area (Å²) >= 11 is 0. The van der Waals surface area contributed by atoms with Crippen molar-refractivity contribution in [2.75, 3.05) is 13.2 Å². The number of benzene rings is 3. The Kier molecular flexibility index (Phi) is 4.70. The number of carboxylic acids is 1. The van der Waals surface area contributed by atoms with E-state index < -0.39 is 17.9 Å². The molecule has 0 unspecified atom stereocenters. The maximum Gasteiger partial charge on any atom is 0.410 e. The highest BCUT2D eigenvalue weighted by Crippen LogP contribution is 2.44. The van der Waals surface area contributed by atoms with Gasteiger partial charge in [0.05, 0.1) is 5.56 Å². The fourth-order valence-electron chi connectivity index (χ4n) is 4.58. The first-order valence-electron chi connectivity index (χ1n) is 10.2. The summed E-state index contributed by atoms with van der Waals surface area (Å²) in [6, 6.07) is 18.8. The van der Waals surface area contributed by atoms with Crippen LogP contribution in [0, 0.1) is 5.82 Å². The predicted octanol–water partition coefficient (Wildman–Crippen LogP) is 4.83. The lowest BCUT2D eigenvalue weighted by Gasteiger charge is -2.29. The Morgan fingerprint density at radius 3 is 2.29 bits per heavy atom. The third-order valence-corrected chi connectivity index (χ3v) is 6.13. The summed E-state index contributed by atoms with van der Waals surface area (Å²) in [5.74, 6) is -2.10. The van der Waals surface area contributed by atoms with Crippen molar-refractivity contribution in [1.82, 2.24) is 4.90 Å².